The van der Waals surface area contributed by atoms with Crippen molar-refractivity contribution in [3.63, 3.8) is 0 Å². The van der Waals surface area contributed by atoms with Crippen LogP contribution < -0.4 is 26.5 Å². The zero-order valence-corrected chi connectivity index (χ0v) is 32.9. The lowest BCUT2D eigenvalue weighted by molar-refractivity contribution is 0.101. The molecule has 0 saturated carbocycles. The number of hydrogen-bond donors (Lipinski definition) is 2. The maximum atomic E-state index is 14.9. The van der Waals surface area contributed by atoms with Crippen LogP contribution in [-0.2, 0) is 0 Å². The Kier molecular flexibility index (Phi) is 9.46. The molecule has 0 unspecified atom stereocenters. The van der Waals surface area contributed by atoms with Gasteiger partial charge >= 0.3 is 0 Å². The van der Waals surface area contributed by atoms with Gasteiger partial charge in [-0.25, -0.2) is 0 Å². The number of rotatable bonds is 8. The molecule has 10 aromatic rings. The Bertz CT molecular complexity index is 3180. The number of carbonyl (C=O) groups is 2. The first-order valence-electron chi connectivity index (χ1n) is 19.7. The molecule has 0 fully saturated rings. The summed E-state index contributed by atoms with van der Waals surface area (Å²) in [7, 11) is -1.20. The van der Waals surface area contributed by atoms with Gasteiger partial charge in [-0.3, -0.25) is 9.59 Å². The van der Waals surface area contributed by atoms with Crippen LogP contribution in [0.4, 0.5) is 11.4 Å². The van der Waals surface area contributed by atoms with Crippen molar-refractivity contribution < 1.29 is 9.59 Å². The van der Waals surface area contributed by atoms with Crippen molar-refractivity contribution in [1.29, 1.82) is 0 Å². The molecule has 0 radical (unpaired) electrons. The van der Waals surface area contributed by atoms with E-state index >= 15 is 0 Å². The van der Waals surface area contributed by atoms with E-state index < -0.39 is 7.92 Å². The number of fused-ring (bicyclic) bond motifs is 4. The highest BCUT2D eigenvalue weighted by atomic mass is 31.1. The molecule has 2 amide bonds. The molecule has 0 aliphatic carbocycles. The third-order valence-corrected chi connectivity index (χ3v) is 13.5. The Morgan fingerprint density at radius 3 is 1.37 bits per heavy atom. The number of carbonyl (C=O) groups excluding carboxylic acids is 2. The molecule has 0 heterocycles. The molecular formula is C54H37N2O2P. The first kappa shape index (κ1) is 36.0. The van der Waals surface area contributed by atoms with E-state index in [2.05, 4.69) is 108 Å². The van der Waals surface area contributed by atoms with E-state index in [0.717, 1.165) is 70.1 Å². The third kappa shape index (κ3) is 6.90. The summed E-state index contributed by atoms with van der Waals surface area (Å²) in [5.74, 6) is -0.433. The first-order valence-corrected chi connectivity index (χ1v) is 21.0. The highest BCUT2D eigenvalue weighted by molar-refractivity contribution is 7.80. The van der Waals surface area contributed by atoms with Gasteiger partial charge in [-0.15, -0.1) is 0 Å². The van der Waals surface area contributed by atoms with Gasteiger partial charge in [0.1, 0.15) is 0 Å². The van der Waals surface area contributed by atoms with Gasteiger partial charge in [0.2, 0.25) is 0 Å². The van der Waals surface area contributed by atoms with E-state index in [0.29, 0.717) is 22.5 Å². The predicted molar refractivity (Wildman–Crippen MR) is 249 cm³/mol. The lowest BCUT2D eigenvalue weighted by Gasteiger charge is -2.27. The quantitative estimate of drug-likeness (QED) is 0.151. The van der Waals surface area contributed by atoms with Gasteiger partial charge in [0, 0.05) is 33.2 Å². The van der Waals surface area contributed by atoms with Gasteiger partial charge in [0.25, 0.3) is 11.8 Å². The molecule has 0 aliphatic rings. The molecule has 4 nitrogen and oxygen atoms in total. The molecule has 0 saturated heterocycles. The second-order valence-corrected chi connectivity index (χ2v) is 16.8. The minimum Gasteiger partial charge on any atom is -0.321 e. The lowest BCUT2D eigenvalue weighted by Crippen LogP contribution is -2.26. The Morgan fingerprint density at radius 2 is 0.797 bits per heavy atom. The first-order chi connectivity index (χ1) is 29.1. The van der Waals surface area contributed by atoms with Gasteiger partial charge in [-0.1, -0.05) is 176 Å². The predicted octanol–water partition coefficient (Wildman–Crippen LogP) is 12.2. The van der Waals surface area contributed by atoms with Crippen molar-refractivity contribution in [2.75, 3.05) is 10.6 Å². The topological polar surface area (TPSA) is 58.2 Å². The van der Waals surface area contributed by atoms with Crippen LogP contribution in [0.5, 0.6) is 0 Å². The van der Waals surface area contributed by atoms with Crippen LogP contribution in [0, 0.1) is 0 Å². The summed E-state index contributed by atoms with van der Waals surface area (Å²) in [5, 5.41) is 18.2. The molecule has 2 N–H and O–H groups in total. The standard InChI is InChI=1S/C54H37N2O2P/c57-53(42-29-27-36-15-7-9-18-39(36)33-42)55-48-32-31-38-17-11-13-25-46(38)50(48)51-47-26-14-12-20-41(47)35-49(59(44-21-3-1-4-22-44)45-23-5-2-6-24-45)52(51)56-54(58)43-30-28-37-16-8-10-19-40(37)34-43/h1-35H,(H,55,57)(H,56,58). The maximum Gasteiger partial charge on any atom is 0.255 e. The number of nitrogens with one attached hydrogen (secondary N) is 2. The Balaban J connectivity index is 1.26. The fourth-order valence-corrected chi connectivity index (χ4v) is 10.6. The van der Waals surface area contributed by atoms with Crippen molar-refractivity contribution >= 4 is 90.1 Å². The van der Waals surface area contributed by atoms with E-state index in [1.54, 1.807) is 0 Å². The highest BCUT2D eigenvalue weighted by Crippen LogP contribution is 2.47. The molecule has 0 atom stereocenters. The van der Waals surface area contributed by atoms with Crippen LogP contribution >= 0.6 is 7.92 Å². The van der Waals surface area contributed by atoms with Gasteiger partial charge in [-0.05, 0) is 98.0 Å². The second-order valence-electron chi connectivity index (χ2n) is 14.6. The van der Waals surface area contributed by atoms with Crippen molar-refractivity contribution in [3.05, 3.63) is 223 Å². The van der Waals surface area contributed by atoms with Crippen molar-refractivity contribution in [2.45, 2.75) is 0 Å². The van der Waals surface area contributed by atoms with Crippen LogP contribution in [-0.4, -0.2) is 11.8 Å². The van der Waals surface area contributed by atoms with Crippen LogP contribution in [0.1, 0.15) is 20.7 Å². The Labute approximate surface area is 343 Å². The van der Waals surface area contributed by atoms with Gasteiger partial charge < -0.3 is 10.6 Å². The second kappa shape index (κ2) is 15.5. The molecule has 10 rings (SSSR count). The summed E-state index contributed by atoms with van der Waals surface area (Å²) >= 11 is 0. The van der Waals surface area contributed by atoms with Gasteiger partial charge in [0.15, 0.2) is 0 Å². The number of anilines is 2. The minimum absolute atomic E-state index is 0.216. The molecular weight excluding hydrogens is 740 g/mol. The fourth-order valence-electron chi connectivity index (χ4n) is 8.16. The summed E-state index contributed by atoms with van der Waals surface area (Å²) in [6, 6.07) is 71.7. The summed E-state index contributed by atoms with van der Waals surface area (Å²) in [5.41, 5.74) is 4.15. The van der Waals surface area contributed by atoms with E-state index in [1.807, 2.05) is 115 Å². The van der Waals surface area contributed by atoms with E-state index in [4.69, 9.17) is 0 Å². The fraction of sp³-hybridized carbons (Fsp3) is 0. The summed E-state index contributed by atoms with van der Waals surface area (Å²) in [4.78, 5) is 29.2. The molecule has 0 aliphatic heterocycles. The normalized spacial score (nSPS) is 11.3. The van der Waals surface area contributed by atoms with E-state index in [1.165, 1.54) is 0 Å². The van der Waals surface area contributed by atoms with Gasteiger partial charge in [0.05, 0.1) is 5.69 Å². The third-order valence-electron chi connectivity index (χ3n) is 11.0. The average molecular weight is 777 g/mol. The van der Waals surface area contributed by atoms with Crippen molar-refractivity contribution in [1.82, 2.24) is 0 Å². The smallest absolute Gasteiger partial charge is 0.255 e. The minimum atomic E-state index is -1.20. The SMILES string of the molecule is O=C(Nc1ccc2ccccc2c1-c1c(NC(=O)c2ccc3ccccc3c2)c(P(c2ccccc2)c2ccccc2)cc2ccccc12)c1ccc2ccccc2c1. The zero-order chi connectivity index (χ0) is 39.7. The highest BCUT2D eigenvalue weighted by Gasteiger charge is 2.28. The molecule has 280 valence electrons. The van der Waals surface area contributed by atoms with Crippen LogP contribution in [0.2, 0.25) is 0 Å². The lowest BCUT2D eigenvalue weighted by atomic mass is 9.90. The molecule has 0 bridgehead atoms. The van der Waals surface area contributed by atoms with E-state index in [9.17, 15) is 9.59 Å². The Hall–Kier alpha value is -7.39. The monoisotopic (exact) mass is 776 g/mol. The Morgan fingerprint density at radius 1 is 0.356 bits per heavy atom. The number of hydrogen-bond acceptors (Lipinski definition) is 2. The van der Waals surface area contributed by atoms with Crippen LogP contribution in [0.3, 0.4) is 0 Å². The summed E-state index contributed by atoms with van der Waals surface area (Å²) in [6.45, 7) is 0. The molecule has 0 aromatic heterocycles. The molecule has 59 heavy (non-hydrogen) atoms. The molecule has 10 aromatic carbocycles. The van der Waals surface area contributed by atoms with E-state index in [-0.39, 0.29) is 11.8 Å². The number of amides is 2. The van der Waals surface area contributed by atoms with Crippen molar-refractivity contribution in [3.8, 4) is 11.1 Å². The zero-order valence-electron chi connectivity index (χ0n) is 32.0. The summed E-state index contributed by atoms with van der Waals surface area (Å²) in [6.07, 6.45) is 0. The van der Waals surface area contributed by atoms with Crippen molar-refractivity contribution in [2.24, 2.45) is 0 Å². The maximum absolute atomic E-state index is 14.9. The van der Waals surface area contributed by atoms with Crippen LogP contribution in [0.15, 0.2) is 212 Å². The molecule has 5 heteroatoms. The number of benzene rings is 10. The average Bonchev–Trinajstić information content (AvgIpc) is 3.29. The summed E-state index contributed by atoms with van der Waals surface area (Å²) < 4.78 is 0. The van der Waals surface area contributed by atoms with Gasteiger partial charge in [-0.2, -0.15) is 0 Å². The molecule has 0 spiro atoms. The van der Waals surface area contributed by atoms with Crippen LogP contribution in [0.25, 0.3) is 54.2 Å². The largest absolute Gasteiger partial charge is 0.321 e.